The van der Waals surface area contributed by atoms with E-state index in [1.807, 2.05) is 18.2 Å². The molecule has 2 aromatic rings. The van der Waals surface area contributed by atoms with E-state index < -0.39 is 0 Å². The average molecular weight is 260 g/mol. The standard InChI is InChI=1S/C13H16N4S/c1-13(2,3)17-12(18)16-11-6-4-5-9-7-14-15-8-10(9)11/h4-8H,1-3H3,(H2,16,17,18). The Labute approximate surface area is 112 Å². The Kier molecular flexibility index (Phi) is 3.43. The van der Waals surface area contributed by atoms with Crippen molar-refractivity contribution in [2.45, 2.75) is 26.3 Å². The first kappa shape index (κ1) is 12.7. The molecule has 2 N–H and O–H groups in total. The van der Waals surface area contributed by atoms with Gasteiger partial charge in [-0.2, -0.15) is 10.2 Å². The largest absolute Gasteiger partial charge is 0.358 e. The number of rotatable bonds is 1. The molecule has 0 fully saturated rings. The van der Waals surface area contributed by atoms with Crippen LogP contribution in [0.5, 0.6) is 0 Å². The van der Waals surface area contributed by atoms with Crippen molar-refractivity contribution in [3.63, 3.8) is 0 Å². The minimum absolute atomic E-state index is 0.0610. The van der Waals surface area contributed by atoms with Crippen molar-refractivity contribution in [1.82, 2.24) is 15.5 Å². The molecule has 1 aromatic carbocycles. The van der Waals surface area contributed by atoms with Gasteiger partial charge in [0, 0.05) is 22.0 Å². The van der Waals surface area contributed by atoms with Crippen molar-refractivity contribution in [2.75, 3.05) is 5.32 Å². The molecule has 0 amide bonds. The minimum atomic E-state index is -0.0610. The van der Waals surface area contributed by atoms with E-state index in [0.717, 1.165) is 16.5 Å². The van der Waals surface area contributed by atoms with Crippen LogP contribution in [-0.2, 0) is 0 Å². The summed E-state index contributed by atoms with van der Waals surface area (Å²) in [6, 6.07) is 5.93. The molecule has 0 aliphatic heterocycles. The predicted octanol–water partition coefficient (Wildman–Crippen LogP) is 2.71. The lowest BCUT2D eigenvalue weighted by Crippen LogP contribution is -2.42. The Morgan fingerprint density at radius 3 is 2.61 bits per heavy atom. The second-order valence-corrected chi connectivity index (χ2v) is 5.53. The maximum absolute atomic E-state index is 5.29. The Hall–Kier alpha value is -1.75. The van der Waals surface area contributed by atoms with Crippen LogP contribution in [0.25, 0.3) is 10.8 Å². The second-order valence-electron chi connectivity index (χ2n) is 5.13. The van der Waals surface area contributed by atoms with Crippen LogP contribution in [0.3, 0.4) is 0 Å². The van der Waals surface area contributed by atoms with Crippen LogP contribution >= 0.6 is 12.2 Å². The number of thiocarbonyl (C=S) groups is 1. The van der Waals surface area contributed by atoms with Gasteiger partial charge in [-0.25, -0.2) is 0 Å². The smallest absolute Gasteiger partial charge is 0.171 e. The highest BCUT2D eigenvalue weighted by molar-refractivity contribution is 7.80. The summed E-state index contributed by atoms with van der Waals surface area (Å²) in [5.74, 6) is 0. The molecule has 0 unspecified atom stereocenters. The lowest BCUT2D eigenvalue weighted by atomic mass is 10.1. The van der Waals surface area contributed by atoms with Crippen LogP contribution in [0.15, 0.2) is 30.6 Å². The Morgan fingerprint density at radius 1 is 1.17 bits per heavy atom. The molecular weight excluding hydrogens is 244 g/mol. The highest BCUT2D eigenvalue weighted by Gasteiger charge is 2.11. The monoisotopic (exact) mass is 260 g/mol. The van der Waals surface area contributed by atoms with Gasteiger partial charge in [0.05, 0.1) is 12.4 Å². The number of hydrogen-bond donors (Lipinski definition) is 2. The third-order valence-corrected chi connectivity index (χ3v) is 2.53. The Bertz CT molecular complexity index is 569. The first-order valence-corrected chi connectivity index (χ1v) is 6.15. The van der Waals surface area contributed by atoms with Gasteiger partial charge in [-0.3, -0.25) is 0 Å². The number of aromatic nitrogens is 2. The average Bonchev–Trinajstić information content (AvgIpc) is 2.27. The number of hydrogen-bond acceptors (Lipinski definition) is 3. The summed E-state index contributed by atoms with van der Waals surface area (Å²) in [6.07, 6.45) is 3.47. The van der Waals surface area contributed by atoms with Crippen molar-refractivity contribution in [3.8, 4) is 0 Å². The summed E-state index contributed by atoms with van der Waals surface area (Å²) in [5.41, 5.74) is 0.873. The van der Waals surface area contributed by atoms with E-state index in [-0.39, 0.29) is 5.54 Å². The van der Waals surface area contributed by atoms with Gasteiger partial charge in [-0.15, -0.1) is 0 Å². The molecule has 4 nitrogen and oxygen atoms in total. The number of anilines is 1. The first-order chi connectivity index (χ1) is 8.46. The van der Waals surface area contributed by atoms with Crippen LogP contribution in [0.2, 0.25) is 0 Å². The fourth-order valence-corrected chi connectivity index (χ4v) is 2.05. The topological polar surface area (TPSA) is 49.8 Å². The van der Waals surface area contributed by atoms with E-state index in [1.54, 1.807) is 12.4 Å². The minimum Gasteiger partial charge on any atom is -0.358 e. The molecule has 0 atom stereocenters. The molecule has 0 spiro atoms. The zero-order valence-corrected chi connectivity index (χ0v) is 11.5. The molecular formula is C13H16N4S. The second kappa shape index (κ2) is 4.86. The van der Waals surface area contributed by atoms with Gasteiger partial charge in [0.15, 0.2) is 5.11 Å². The molecule has 0 bridgehead atoms. The van der Waals surface area contributed by atoms with Gasteiger partial charge < -0.3 is 10.6 Å². The summed E-state index contributed by atoms with van der Waals surface area (Å²) in [5, 5.41) is 16.8. The van der Waals surface area contributed by atoms with E-state index in [4.69, 9.17) is 12.2 Å². The van der Waals surface area contributed by atoms with Gasteiger partial charge in [-0.1, -0.05) is 12.1 Å². The molecule has 2 rings (SSSR count). The van der Waals surface area contributed by atoms with Gasteiger partial charge in [0.25, 0.3) is 0 Å². The third-order valence-electron chi connectivity index (χ3n) is 2.33. The summed E-state index contributed by atoms with van der Waals surface area (Å²) in [7, 11) is 0. The van der Waals surface area contributed by atoms with Gasteiger partial charge in [0.1, 0.15) is 0 Å². The highest BCUT2D eigenvalue weighted by Crippen LogP contribution is 2.21. The van der Waals surface area contributed by atoms with E-state index in [0.29, 0.717) is 5.11 Å². The van der Waals surface area contributed by atoms with Crippen LogP contribution in [0.1, 0.15) is 20.8 Å². The van der Waals surface area contributed by atoms with Crippen LogP contribution in [0.4, 0.5) is 5.69 Å². The predicted molar refractivity (Wildman–Crippen MR) is 78.6 cm³/mol. The molecule has 0 radical (unpaired) electrons. The quantitative estimate of drug-likeness (QED) is 0.772. The van der Waals surface area contributed by atoms with Crippen LogP contribution in [-0.4, -0.2) is 20.8 Å². The van der Waals surface area contributed by atoms with Gasteiger partial charge in [-0.05, 0) is 39.1 Å². The molecule has 1 heterocycles. The third kappa shape index (κ3) is 3.13. The van der Waals surface area contributed by atoms with Crippen molar-refractivity contribution >= 4 is 33.8 Å². The summed E-state index contributed by atoms with van der Waals surface area (Å²) >= 11 is 5.29. The number of nitrogens with one attached hydrogen (secondary N) is 2. The Balaban J connectivity index is 2.24. The zero-order chi connectivity index (χ0) is 13.2. The molecule has 0 saturated heterocycles. The normalized spacial score (nSPS) is 11.3. The van der Waals surface area contributed by atoms with Crippen molar-refractivity contribution < 1.29 is 0 Å². The highest BCUT2D eigenvalue weighted by atomic mass is 32.1. The van der Waals surface area contributed by atoms with E-state index >= 15 is 0 Å². The summed E-state index contributed by atoms with van der Waals surface area (Å²) < 4.78 is 0. The molecule has 0 aliphatic rings. The number of fused-ring (bicyclic) bond motifs is 1. The number of benzene rings is 1. The first-order valence-electron chi connectivity index (χ1n) is 5.74. The van der Waals surface area contributed by atoms with Gasteiger partial charge in [0.2, 0.25) is 0 Å². The summed E-state index contributed by atoms with van der Waals surface area (Å²) in [4.78, 5) is 0. The Morgan fingerprint density at radius 2 is 1.89 bits per heavy atom. The van der Waals surface area contributed by atoms with Crippen molar-refractivity contribution in [1.29, 1.82) is 0 Å². The maximum Gasteiger partial charge on any atom is 0.171 e. The molecule has 5 heteroatoms. The molecule has 1 aromatic heterocycles. The molecule has 0 saturated carbocycles. The SMILES string of the molecule is CC(C)(C)NC(=S)Nc1cccc2cnncc12. The lowest BCUT2D eigenvalue weighted by Gasteiger charge is -2.23. The van der Waals surface area contributed by atoms with E-state index in [9.17, 15) is 0 Å². The summed E-state index contributed by atoms with van der Waals surface area (Å²) in [6.45, 7) is 6.20. The van der Waals surface area contributed by atoms with E-state index in [1.165, 1.54) is 0 Å². The lowest BCUT2D eigenvalue weighted by molar-refractivity contribution is 0.515. The molecule has 0 aliphatic carbocycles. The van der Waals surface area contributed by atoms with E-state index in [2.05, 4.69) is 41.6 Å². The zero-order valence-electron chi connectivity index (χ0n) is 10.7. The number of nitrogens with zero attached hydrogens (tertiary/aromatic N) is 2. The van der Waals surface area contributed by atoms with Crippen LogP contribution < -0.4 is 10.6 Å². The van der Waals surface area contributed by atoms with Gasteiger partial charge >= 0.3 is 0 Å². The fourth-order valence-electron chi connectivity index (χ4n) is 1.63. The fraction of sp³-hybridized carbons (Fsp3) is 0.308. The molecule has 18 heavy (non-hydrogen) atoms. The van der Waals surface area contributed by atoms with Crippen molar-refractivity contribution in [3.05, 3.63) is 30.6 Å². The molecule has 94 valence electrons. The van der Waals surface area contributed by atoms with Crippen molar-refractivity contribution in [2.24, 2.45) is 0 Å². The van der Waals surface area contributed by atoms with Crippen LogP contribution in [0, 0.1) is 0 Å². The maximum atomic E-state index is 5.29.